The summed E-state index contributed by atoms with van der Waals surface area (Å²) in [7, 11) is 0. The van der Waals surface area contributed by atoms with Gasteiger partial charge in [-0.2, -0.15) is 0 Å². The fourth-order valence-electron chi connectivity index (χ4n) is 2.41. The number of nitrogens with two attached hydrogens (primary N) is 1. The van der Waals surface area contributed by atoms with Crippen molar-refractivity contribution in [1.82, 2.24) is 4.98 Å². The van der Waals surface area contributed by atoms with Crippen LogP contribution in [0.15, 0.2) is 12.3 Å². The molecule has 0 radical (unpaired) electrons. The second-order valence-corrected chi connectivity index (χ2v) is 6.28. The molecule has 0 aliphatic carbocycles. The Labute approximate surface area is 114 Å². The molecule has 2 heterocycles. The molecule has 2 N–H and O–H groups in total. The van der Waals surface area contributed by atoms with Crippen LogP contribution in [-0.2, 0) is 0 Å². The summed E-state index contributed by atoms with van der Waals surface area (Å²) >= 11 is 5.16. The van der Waals surface area contributed by atoms with E-state index in [9.17, 15) is 0 Å². The molecule has 2 rings (SSSR count). The van der Waals surface area contributed by atoms with Gasteiger partial charge in [0, 0.05) is 19.3 Å². The van der Waals surface area contributed by atoms with E-state index in [0.717, 1.165) is 30.0 Å². The lowest BCUT2D eigenvalue weighted by Crippen LogP contribution is -2.39. The molecule has 1 aromatic heterocycles. The highest BCUT2D eigenvalue weighted by Crippen LogP contribution is 2.33. The van der Waals surface area contributed by atoms with Crippen LogP contribution in [-0.4, -0.2) is 23.1 Å². The summed E-state index contributed by atoms with van der Waals surface area (Å²) < 4.78 is 0. The van der Waals surface area contributed by atoms with Crippen LogP contribution in [0.3, 0.4) is 0 Å². The van der Waals surface area contributed by atoms with Gasteiger partial charge in [0.1, 0.15) is 10.8 Å². The minimum atomic E-state index is 0.434. The smallest absolute Gasteiger partial charge is 0.139 e. The summed E-state index contributed by atoms with van der Waals surface area (Å²) in [6.07, 6.45) is 4.20. The Bertz CT molecular complexity index is 458. The predicted octanol–water partition coefficient (Wildman–Crippen LogP) is 2.65. The molecular weight excluding hydrogens is 242 g/mol. The normalized spacial score (nSPS) is 18.7. The molecule has 18 heavy (non-hydrogen) atoms. The van der Waals surface area contributed by atoms with E-state index >= 15 is 0 Å². The van der Waals surface area contributed by atoms with Gasteiger partial charge < -0.3 is 10.6 Å². The predicted molar refractivity (Wildman–Crippen MR) is 80.1 cm³/mol. The number of aromatic nitrogens is 1. The average molecular weight is 263 g/mol. The number of anilines is 1. The van der Waals surface area contributed by atoms with Gasteiger partial charge in [-0.1, -0.05) is 26.1 Å². The van der Waals surface area contributed by atoms with Crippen molar-refractivity contribution in [2.45, 2.75) is 33.6 Å². The summed E-state index contributed by atoms with van der Waals surface area (Å²) in [6.45, 7) is 8.73. The first-order chi connectivity index (χ1) is 8.41. The van der Waals surface area contributed by atoms with Crippen molar-refractivity contribution in [3.63, 3.8) is 0 Å². The molecule has 0 bridgehead atoms. The van der Waals surface area contributed by atoms with Crippen molar-refractivity contribution in [2.24, 2.45) is 11.1 Å². The molecule has 1 aliphatic heterocycles. The fraction of sp³-hybridized carbons (Fsp3) is 0.571. The fourth-order valence-corrected chi connectivity index (χ4v) is 2.66. The molecule has 1 aliphatic rings. The maximum Gasteiger partial charge on any atom is 0.139 e. The highest BCUT2D eigenvalue weighted by Gasteiger charge is 2.27. The number of hydrogen-bond donors (Lipinski definition) is 1. The third kappa shape index (κ3) is 2.64. The molecule has 1 aromatic rings. The minimum absolute atomic E-state index is 0.434. The van der Waals surface area contributed by atoms with E-state index in [4.69, 9.17) is 18.0 Å². The number of rotatable bonds is 2. The molecular formula is C14H21N3S. The zero-order valence-electron chi connectivity index (χ0n) is 11.4. The number of aryl methyl sites for hydroxylation is 1. The van der Waals surface area contributed by atoms with Gasteiger partial charge in [0.05, 0.1) is 5.56 Å². The molecule has 0 spiro atoms. The summed E-state index contributed by atoms with van der Waals surface area (Å²) in [5.74, 6) is 0.956. The Morgan fingerprint density at radius 3 is 2.56 bits per heavy atom. The van der Waals surface area contributed by atoms with E-state index in [2.05, 4.69) is 23.7 Å². The van der Waals surface area contributed by atoms with Crippen LogP contribution in [0.4, 0.5) is 5.82 Å². The van der Waals surface area contributed by atoms with Gasteiger partial charge in [0.2, 0.25) is 0 Å². The topological polar surface area (TPSA) is 42.2 Å². The SMILES string of the molecule is Cc1ccnc(N2CCC(C)(C)CC2)c1C(N)=S. The molecule has 0 aromatic carbocycles. The second-order valence-electron chi connectivity index (χ2n) is 5.84. The largest absolute Gasteiger partial charge is 0.389 e. The third-order valence-electron chi connectivity index (χ3n) is 3.80. The molecule has 4 heteroatoms. The Morgan fingerprint density at radius 2 is 2.00 bits per heavy atom. The van der Waals surface area contributed by atoms with Gasteiger partial charge in [-0.05, 0) is 36.8 Å². The Morgan fingerprint density at radius 1 is 1.39 bits per heavy atom. The van der Waals surface area contributed by atoms with Crippen LogP contribution >= 0.6 is 12.2 Å². The van der Waals surface area contributed by atoms with Gasteiger partial charge in [-0.25, -0.2) is 4.98 Å². The second kappa shape index (κ2) is 4.84. The molecule has 0 amide bonds. The van der Waals surface area contributed by atoms with Crippen LogP contribution in [0.5, 0.6) is 0 Å². The Hall–Kier alpha value is -1.16. The van der Waals surface area contributed by atoms with E-state index in [-0.39, 0.29) is 0 Å². The minimum Gasteiger partial charge on any atom is -0.389 e. The van der Waals surface area contributed by atoms with Gasteiger partial charge in [0.25, 0.3) is 0 Å². The van der Waals surface area contributed by atoms with Crippen molar-refractivity contribution in [3.8, 4) is 0 Å². The Kier molecular flexibility index (Phi) is 3.57. The first kappa shape index (κ1) is 13.3. The van der Waals surface area contributed by atoms with Crippen LogP contribution in [0.1, 0.15) is 37.8 Å². The van der Waals surface area contributed by atoms with Crippen LogP contribution < -0.4 is 10.6 Å². The lowest BCUT2D eigenvalue weighted by molar-refractivity contribution is 0.279. The van der Waals surface area contributed by atoms with Crippen LogP contribution in [0.25, 0.3) is 0 Å². The van der Waals surface area contributed by atoms with Gasteiger partial charge in [0.15, 0.2) is 0 Å². The van der Waals surface area contributed by atoms with Gasteiger partial charge >= 0.3 is 0 Å². The first-order valence-electron chi connectivity index (χ1n) is 6.41. The monoisotopic (exact) mass is 263 g/mol. The molecule has 0 saturated carbocycles. The molecule has 1 fully saturated rings. The highest BCUT2D eigenvalue weighted by molar-refractivity contribution is 7.80. The number of hydrogen-bond acceptors (Lipinski definition) is 3. The van der Waals surface area contributed by atoms with E-state index < -0.39 is 0 Å². The highest BCUT2D eigenvalue weighted by atomic mass is 32.1. The first-order valence-corrected chi connectivity index (χ1v) is 6.82. The Balaban J connectivity index is 2.30. The number of nitrogens with zero attached hydrogens (tertiary/aromatic N) is 2. The van der Waals surface area contributed by atoms with Crippen molar-refractivity contribution in [2.75, 3.05) is 18.0 Å². The lowest BCUT2D eigenvalue weighted by atomic mass is 9.82. The van der Waals surface area contributed by atoms with E-state index in [1.54, 1.807) is 0 Å². The van der Waals surface area contributed by atoms with Gasteiger partial charge in [-0.3, -0.25) is 0 Å². The number of thiocarbonyl (C=S) groups is 1. The molecule has 0 atom stereocenters. The van der Waals surface area contributed by atoms with Crippen LogP contribution in [0.2, 0.25) is 0 Å². The quantitative estimate of drug-likeness (QED) is 0.833. The van der Waals surface area contributed by atoms with Crippen LogP contribution in [0, 0.1) is 12.3 Å². The van der Waals surface area contributed by atoms with Crippen molar-refractivity contribution >= 4 is 23.0 Å². The summed E-state index contributed by atoms with van der Waals surface area (Å²) in [5, 5.41) is 0. The maximum atomic E-state index is 5.84. The van der Waals surface area contributed by atoms with E-state index in [1.165, 1.54) is 12.8 Å². The van der Waals surface area contributed by atoms with Crippen molar-refractivity contribution < 1.29 is 0 Å². The lowest BCUT2D eigenvalue weighted by Gasteiger charge is -2.38. The zero-order valence-corrected chi connectivity index (χ0v) is 12.2. The summed E-state index contributed by atoms with van der Waals surface area (Å²) in [5.41, 5.74) is 8.32. The van der Waals surface area contributed by atoms with E-state index in [0.29, 0.717) is 10.4 Å². The van der Waals surface area contributed by atoms with Crippen molar-refractivity contribution in [3.05, 3.63) is 23.4 Å². The van der Waals surface area contributed by atoms with E-state index in [1.807, 2.05) is 19.2 Å². The molecule has 98 valence electrons. The zero-order chi connectivity index (χ0) is 13.3. The number of piperidine rings is 1. The summed E-state index contributed by atoms with van der Waals surface area (Å²) in [6, 6.07) is 1.96. The third-order valence-corrected chi connectivity index (χ3v) is 4.01. The molecule has 1 saturated heterocycles. The van der Waals surface area contributed by atoms with Gasteiger partial charge in [-0.15, -0.1) is 0 Å². The molecule has 0 unspecified atom stereocenters. The summed E-state index contributed by atoms with van der Waals surface area (Å²) in [4.78, 5) is 7.25. The van der Waals surface area contributed by atoms with Crippen molar-refractivity contribution in [1.29, 1.82) is 0 Å². The molecule has 3 nitrogen and oxygen atoms in total. The standard InChI is InChI=1S/C14H21N3S/c1-10-4-7-16-13(11(10)12(15)18)17-8-5-14(2,3)6-9-17/h4,7H,5-6,8-9H2,1-3H3,(H2,15,18). The average Bonchev–Trinajstić information content (AvgIpc) is 2.28. The maximum absolute atomic E-state index is 5.84. The number of pyridine rings is 1.